The summed E-state index contributed by atoms with van der Waals surface area (Å²) >= 11 is 0. The molecule has 164 valence electrons. The Balaban J connectivity index is 1.61. The lowest BCUT2D eigenvalue weighted by Gasteiger charge is -2.25. The lowest BCUT2D eigenvalue weighted by atomic mass is 9.90. The molecule has 1 aliphatic rings. The highest BCUT2D eigenvalue weighted by Gasteiger charge is 2.33. The van der Waals surface area contributed by atoms with Gasteiger partial charge in [-0.15, -0.1) is 0 Å². The molecule has 0 aromatic heterocycles. The number of halogens is 1. The van der Waals surface area contributed by atoms with Crippen LogP contribution in [0.3, 0.4) is 0 Å². The number of esters is 1. The number of hydrogen-bond donors (Lipinski definition) is 2. The van der Waals surface area contributed by atoms with E-state index >= 15 is 0 Å². The van der Waals surface area contributed by atoms with Crippen LogP contribution in [0.1, 0.15) is 30.4 Å². The third kappa shape index (κ3) is 5.11. The molecule has 1 heterocycles. The molecule has 2 N–H and O–H groups in total. The highest BCUT2D eigenvalue weighted by atomic mass is 19.1. The van der Waals surface area contributed by atoms with Gasteiger partial charge in [-0.2, -0.15) is 0 Å². The molecule has 0 spiro atoms. The van der Waals surface area contributed by atoms with Gasteiger partial charge in [-0.1, -0.05) is 12.1 Å². The normalized spacial score (nSPS) is 15.9. The molecule has 2 aromatic carbocycles. The number of rotatable bonds is 7. The van der Waals surface area contributed by atoms with E-state index in [1.165, 1.54) is 33.3 Å². The summed E-state index contributed by atoms with van der Waals surface area (Å²) in [7, 11) is 3.04. The number of hydrogen-bond acceptors (Lipinski definition) is 6. The number of anilines is 1. The summed E-state index contributed by atoms with van der Waals surface area (Å²) in [5.74, 6) is -2.00. The zero-order valence-electron chi connectivity index (χ0n) is 17.4. The molecule has 0 fully saturated rings. The molecular weight excluding hydrogens is 407 g/mol. The summed E-state index contributed by atoms with van der Waals surface area (Å²) in [6, 6.07) is 9.00. The van der Waals surface area contributed by atoms with Gasteiger partial charge >= 0.3 is 5.97 Å². The first-order chi connectivity index (χ1) is 14.8. The maximum atomic E-state index is 13.4. The highest BCUT2D eigenvalue weighted by molar-refractivity contribution is 6.00. The first-order valence-electron chi connectivity index (χ1n) is 9.60. The zero-order valence-corrected chi connectivity index (χ0v) is 17.4. The second-order valence-electron chi connectivity index (χ2n) is 7.02. The van der Waals surface area contributed by atoms with Gasteiger partial charge in [0.15, 0.2) is 17.6 Å². The van der Waals surface area contributed by atoms with Crippen molar-refractivity contribution in [2.45, 2.75) is 31.9 Å². The second kappa shape index (κ2) is 9.46. The van der Waals surface area contributed by atoms with Crippen molar-refractivity contribution in [3.05, 3.63) is 53.3 Å². The summed E-state index contributed by atoms with van der Waals surface area (Å²) in [5, 5.41) is 5.22. The molecule has 3 rings (SSSR count). The molecule has 1 aliphatic heterocycles. The maximum Gasteiger partial charge on any atom is 0.314 e. The summed E-state index contributed by atoms with van der Waals surface area (Å²) < 4.78 is 29.1. The Hall–Kier alpha value is -3.62. The Morgan fingerprint density at radius 2 is 1.90 bits per heavy atom. The lowest BCUT2D eigenvalue weighted by molar-refractivity contribution is -0.157. The topological polar surface area (TPSA) is 103 Å². The van der Waals surface area contributed by atoms with Crippen LogP contribution in [-0.4, -0.2) is 38.1 Å². The van der Waals surface area contributed by atoms with E-state index < -0.39 is 35.6 Å². The van der Waals surface area contributed by atoms with Crippen LogP contribution in [0.5, 0.6) is 11.5 Å². The van der Waals surface area contributed by atoms with Crippen LogP contribution in [0, 0.1) is 5.82 Å². The smallest absolute Gasteiger partial charge is 0.314 e. The quantitative estimate of drug-likeness (QED) is 0.655. The number of benzene rings is 2. The van der Waals surface area contributed by atoms with Crippen LogP contribution >= 0.6 is 0 Å². The van der Waals surface area contributed by atoms with Crippen LogP contribution in [0.25, 0.3) is 0 Å². The zero-order chi connectivity index (χ0) is 22.5. The second-order valence-corrected chi connectivity index (χ2v) is 7.02. The molecule has 0 aliphatic carbocycles. The van der Waals surface area contributed by atoms with Crippen LogP contribution in [0.15, 0.2) is 36.4 Å². The van der Waals surface area contributed by atoms with Gasteiger partial charge in [-0.05, 0) is 42.3 Å². The number of carbonyl (C=O) groups is 3. The molecule has 31 heavy (non-hydrogen) atoms. The van der Waals surface area contributed by atoms with E-state index in [-0.39, 0.29) is 18.7 Å². The Morgan fingerprint density at radius 1 is 1.16 bits per heavy atom. The lowest BCUT2D eigenvalue weighted by Crippen LogP contribution is -2.37. The van der Waals surface area contributed by atoms with Crippen molar-refractivity contribution in [3.8, 4) is 11.5 Å². The van der Waals surface area contributed by atoms with Crippen molar-refractivity contribution < 1.29 is 33.0 Å². The third-order valence-electron chi connectivity index (χ3n) is 4.92. The van der Waals surface area contributed by atoms with Crippen LogP contribution < -0.4 is 20.1 Å². The van der Waals surface area contributed by atoms with Crippen molar-refractivity contribution in [2.75, 3.05) is 19.5 Å². The average Bonchev–Trinajstić information content (AvgIpc) is 2.76. The maximum absolute atomic E-state index is 13.4. The fourth-order valence-corrected chi connectivity index (χ4v) is 3.28. The molecule has 0 unspecified atom stereocenters. The number of methoxy groups -OCH3 is 2. The van der Waals surface area contributed by atoms with Crippen molar-refractivity contribution in [2.24, 2.45) is 0 Å². The number of amides is 2. The first kappa shape index (κ1) is 22.1. The fourth-order valence-electron chi connectivity index (χ4n) is 3.28. The number of ether oxygens (including phenoxy) is 3. The van der Waals surface area contributed by atoms with E-state index in [1.807, 2.05) is 0 Å². The summed E-state index contributed by atoms with van der Waals surface area (Å²) in [5.41, 5.74) is 1.44. The Morgan fingerprint density at radius 3 is 2.61 bits per heavy atom. The fraction of sp³-hybridized carbons (Fsp3) is 0.318. The minimum absolute atomic E-state index is 0.141. The van der Waals surface area contributed by atoms with Crippen molar-refractivity contribution in [3.63, 3.8) is 0 Å². The third-order valence-corrected chi connectivity index (χ3v) is 4.92. The van der Waals surface area contributed by atoms with Crippen LogP contribution in [0.4, 0.5) is 10.1 Å². The van der Waals surface area contributed by atoms with E-state index in [2.05, 4.69) is 10.6 Å². The molecule has 0 bridgehead atoms. The van der Waals surface area contributed by atoms with Gasteiger partial charge in [-0.3, -0.25) is 14.4 Å². The van der Waals surface area contributed by atoms with Crippen LogP contribution in [-0.2, 0) is 25.7 Å². The molecule has 9 heteroatoms. The van der Waals surface area contributed by atoms with Crippen molar-refractivity contribution >= 4 is 23.5 Å². The van der Waals surface area contributed by atoms with E-state index in [9.17, 15) is 18.8 Å². The first-order valence-corrected chi connectivity index (χ1v) is 9.60. The molecule has 0 radical (unpaired) electrons. The van der Waals surface area contributed by atoms with E-state index in [0.29, 0.717) is 17.1 Å². The monoisotopic (exact) mass is 430 g/mol. The van der Waals surface area contributed by atoms with Gasteiger partial charge in [0, 0.05) is 18.7 Å². The SMILES string of the molecule is COc1ccc(CNC(=O)[C@@H](C)OC(=O)[C@@H]2CC(=O)Nc3cc(F)ccc32)cc1OC. The average molecular weight is 430 g/mol. The molecule has 2 amide bonds. The highest BCUT2D eigenvalue weighted by Crippen LogP contribution is 2.34. The predicted molar refractivity (Wildman–Crippen MR) is 109 cm³/mol. The molecule has 0 saturated heterocycles. The molecule has 8 nitrogen and oxygen atoms in total. The Bertz CT molecular complexity index is 1010. The Kier molecular flexibility index (Phi) is 6.74. The van der Waals surface area contributed by atoms with Gasteiger partial charge in [0.1, 0.15) is 5.82 Å². The van der Waals surface area contributed by atoms with E-state index in [4.69, 9.17) is 14.2 Å². The molecule has 2 atom stereocenters. The summed E-state index contributed by atoms with van der Waals surface area (Å²) in [6.07, 6.45) is -1.22. The molecular formula is C22H23FN2O6. The van der Waals surface area contributed by atoms with Gasteiger partial charge in [0.2, 0.25) is 5.91 Å². The number of fused-ring (bicyclic) bond motifs is 1. The van der Waals surface area contributed by atoms with Crippen molar-refractivity contribution in [1.82, 2.24) is 5.32 Å². The molecule has 2 aromatic rings. The largest absolute Gasteiger partial charge is 0.493 e. The summed E-state index contributed by atoms with van der Waals surface area (Å²) in [4.78, 5) is 36.9. The van der Waals surface area contributed by atoms with Crippen LogP contribution in [0.2, 0.25) is 0 Å². The van der Waals surface area contributed by atoms with Gasteiger partial charge in [0.05, 0.1) is 20.1 Å². The van der Waals surface area contributed by atoms with E-state index in [0.717, 1.165) is 11.6 Å². The van der Waals surface area contributed by atoms with Crippen molar-refractivity contribution in [1.29, 1.82) is 0 Å². The summed E-state index contributed by atoms with van der Waals surface area (Å²) in [6.45, 7) is 1.63. The Labute approximate surface area is 178 Å². The minimum Gasteiger partial charge on any atom is -0.493 e. The minimum atomic E-state index is -1.08. The van der Waals surface area contributed by atoms with Gasteiger partial charge in [-0.25, -0.2) is 4.39 Å². The standard InChI is InChI=1S/C22H23FN2O6/c1-12(21(27)24-11-13-4-7-18(29-2)19(8-13)30-3)31-22(28)16-10-20(26)25-17-9-14(23)5-6-15(16)17/h4-9,12,16H,10-11H2,1-3H3,(H,24,27)(H,25,26)/t12-,16-/m1/s1. The number of carbonyl (C=O) groups excluding carboxylic acids is 3. The molecule has 0 saturated carbocycles. The van der Waals surface area contributed by atoms with E-state index in [1.54, 1.807) is 18.2 Å². The van der Waals surface area contributed by atoms with Gasteiger partial charge < -0.3 is 24.8 Å². The number of nitrogens with one attached hydrogen (secondary N) is 2. The predicted octanol–water partition coefficient (Wildman–Crippen LogP) is 2.52. The van der Waals surface area contributed by atoms with Gasteiger partial charge in [0.25, 0.3) is 5.91 Å².